The lowest BCUT2D eigenvalue weighted by Crippen LogP contribution is -2.17. The monoisotopic (exact) mass is 272 g/mol. The maximum absolute atomic E-state index is 11.5. The van der Waals surface area contributed by atoms with E-state index in [1.165, 1.54) is 6.08 Å². The van der Waals surface area contributed by atoms with Crippen molar-refractivity contribution in [3.63, 3.8) is 0 Å². The molecule has 4 nitrogen and oxygen atoms in total. The zero-order valence-electron chi connectivity index (χ0n) is 12.0. The molecular weight excluding hydrogens is 252 g/mol. The van der Waals surface area contributed by atoms with Gasteiger partial charge in [-0.25, -0.2) is 0 Å². The van der Waals surface area contributed by atoms with Crippen LogP contribution in [0.3, 0.4) is 0 Å². The van der Waals surface area contributed by atoms with Crippen molar-refractivity contribution in [1.82, 2.24) is 0 Å². The van der Waals surface area contributed by atoms with Crippen LogP contribution in [0, 0.1) is 5.92 Å². The third-order valence-corrected chi connectivity index (χ3v) is 2.50. The number of allylic oxidation sites excluding steroid dienone is 3. The molecule has 4 heteroatoms. The first kappa shape index (κ1) is 15.7. The van der Waals surface area contributed by atoms with E-state index in [0.29, 0.717) is 11.4 Å². The molecule has 1 aromatic rings. The van der Waals surface area contributed by atoms with E-state index in [0.717, 1.165) is 0 Å². The standard InChI is InChI=1S/C16H20N2O2/c1-4-5-6-7-15(19)17-13-8-10-14(11-9-13)18-16(20)12(2)3/h4-12H,1-3H3,(H,17,19)(H,18,20)/b5-4+,7-6+. The van der Waals surface area contributed by atoms with Crippen molar-refractivity contribution in [2.75, 3.05) is 10.6 Å². The van der Waals surface area contributed by atoms with Crippen molar-refractivity contribution in [3.8, 4) is 0 Å². The first-order valence-electron chi connectivity index (χ1n) is 6.54. The summed E-state index contributed by atoms with van der Waals surface area (Å²) in [5.74, 6) is -0.288. The minimum Gasteiger partial charge on any atom is -0.326 e. The smallest absolute Gasteiger partial charge is 0.248 e. The Labute approximate surface area is 119 Å². The van der Waals surface area contributed by atoms with Crippen LogP contribution in [0.2, 0.25) is 0 Å². The summed E-state index contributed by atoms with van der Waals surface area (Å²) in [5, 5.41) is 5.52. The molecule has 20 heavy (non-hydrogen) atoms. The molecule has 1 rings (SSSR count). The Morgan fingerprint density at radius 2 is 1.55 bits per heavy atom. The maximum Gasteiger partial charge on any atom is 0.248 e. The predicted molar refractivity (Wildman–Crippen MR) is 82.5 cm³/mol. The zero-order chi connectivity index (χ0) is 15.0. The van der Waals surface area contributed by atoms with Gasteiger partial charge in [-0.1, -0.05) is 32.1 Å². The average Bonchev–Trinajstić information content (AvgIpc) is 2.41. The lowest BCUT2D eigenvalue weighted by atomic mass is 10.2. The Balaban J connectivity index is 2.58. The molecule has 0 aliphatic heterocycles. The van der Waals surface area contributed by atoms with Crippen LogP contribution in [-0.4, -0.2) is 11.8 Å². The third-order valence-electron chi connectivity index (χ3n) is 2.50. The summed E-state index contributed by atoms with van der Waals surface area (Å²) < 4.78 is 0. The fourth-order valence-corrected chi connectivity index (χ4v) is 1.36. The Morgan fingerprint density at radius 1 is 1.00 bits per heavy atom. The van der Waals surface area contributed by atoms with Crippen molar-refractivity contribution in [3.05, 3.63) is 48.6 Å². The maximum atomic E-state index is 11.5. The summed E-state index contributed by atoms with van der Waals surface area (Å²) in [4.78, 5) is 23.1. The minimum absolute atomic E-state index is 0.0314. The normalized spacial score (nSPS) is 11.2. The number of hydrogen-bond acceptors (Lipinski definition) is 2. The zero-order valence-corrected chi connectivity index (χ0v) is 12.0. The van der Waals surface area contributed by atoms with Gasteiger partial charge in [0.2, 0.25) is 11.8 Å². The highest BCUT2D eigenvalue weighted by Gasteiger charge is 2.06. The highest BCUT2D eigenvalue weighted by Crippen LogP contribution is 2.14. The van der Waals surface area contributed by atoms with E-state index in [1.54, 1.807) is 36.4 Å². The number of carbonyl (C=O) groups is 2. The van der Waals surface area contributed by atoms with Gasteiger partial charge in [-0.15, -0.1) is 0 Å². The number of carbonyl (C=O) groups excluding carboxylic acids is 2. The molecule has 0 saturated carbocycles. The van der Waals surface area contributed by atoms with E-state index in [9.17, 15) is 9.59 Å². The molecule has 2 amide bonds. The second kappa shape index (κ2) is 7.94. The van der Waals surface area contributed by atoms with Crippen LogP contribution in [0.25, 0.3) is 0 Å². The quantitative estimate of drug-likeness (QED) is 0.638. The van der Waals surface area contributed by atoms with Gasteiger partial charge in [0.15, 0.2) is 0 Å². The second-order valence-corrected chi connectivity index (χ2v) is 4.60. The number of benzene rings is 1. The fourth-order valence-electron chi connectivity index (χ4n) is 1.36. The topological polar surface area (TPSA) is 58.2 Å². The molecule has 0 spiro atoms. The highest BCUT2D eigenvalue weighted by atomic mass is 16.2. The van der Waals surface area contributed by atoms with Gasteiger partial charge in [0.05, 0.1) is 0 Å². The molecule has 0 atom stereocenters. The molecule has 0 aromatic heterocycles. The van der Waals surface area contributed by atoms with Crippen molar-refractivity contribution in [1.29, 1.82) is 0 Å². The molecule has 106 valence electrons. The van der Waals surface area contributed by atoms with E-state index in [4.69, 9.17) is 0 Å². The van der Waals surface area contributed by atoms with Gasteiger partial charge in [-0.3, -0.25) is 9.59 Å². The predicted octanol–water partition coefficient (Wildman–Crippen LogP) is 3.35. The average molecular weight is 272 g/mol. The van der Waals surface area contributed by atoms with Crippen LogP contribution >= 0.6 is 0 Å². The first-order valence-corrected chi connectivity index (χ1v) is 6.54. The summed E-state index contributed by atoms with van der Waals surface area (Å²) >= 11 is 0. The Bertz CT molecular complexity index is 514. The molecule has 0 aliphatic carbocycles. The third kappa shape index (κ3) is 5.52. The lowest BCUT2D eigenvalue weighted by Gasteiger charge is -2.08. The van der Waals surface area contributed by atoms with Gasteiger partial charge in [0.25, 0.3) is 0 Å². The van der Waals surface area contributed by atoms with Crippen LogP contribution in [0.15, 0.2) is 48.6 Å². The van der Waals surface area contributed by atoms with Gasteiger partial charge in [-0.05, 0) is 31.2 Å². The Hall–Kier alpha value is -2.36. The van der Waals surface area contributed by atoms with Gasteiger partial charge in [0, 0.05) is 23.4 Å². The molecule has 0 unspecified atom stereocenters. The molecule has 0 saturated heterocycles. The lowest BCUT2D eigenvalue weighted by molar-refractivity contribution is -0.119. The van der Waals surface area contributed by atoms with Crippen LogP contribution in [0.4, 0.5) is 11.4 Å². The molecule has 1 aromatic carbocycles. The molecule has 2 N–H and O–H groups in total. The summed E-state index contributed by atoms with van der Waals surface area (Å²) in [5.41, 5.74) is 1.40. The number of hydrogen-bond donors (Lipinski definition) is 2. The van der Waals surface area contributed by atoms with Gasteiger partial charge < -0.3 is 10.6 Å². The number of anilines is 2. The van der Waals surface area contributed by atoms with E-state index in [1.807, 2.05) is 26.8 Å². The summed E-state index contributed by atoms with van der Waals surface area (Å²) in [7, 11) is 0. The number of amides is 2. The summed E-state index contributed by atoms with van der Waals surface area (Å²) in [6, 6.07) is 7.01. The first-order chi connectivity index (χ1) is 9.52. The second-order valence-electron chi connectivity index (χ2n) is 4.60. The molecule has 0 aliphatic rings. The van der Waals surface area contributed by atoms with E-state index in [-0.39, 0.29) is 17.7 Å². The molecular formula is C16H20N2O2. The molecule has 0 fully saturated rings. The highest BCUT2D eigenvalue weighted by molar-refractivity contribution is 5.99. The number of nitrogens with one attached hydrogen (secondary N) is 2. The van der Waals surface area contributed by atoms with Crippen LogP contribution in [-0.2, 0) is 9.59 Å². The van der Waals surface area contributed by atoms with Crippen LogP contribution in [0.1, 0.15) is 20.8 Å². The SMILES string of the molecule is C/C=C/C=C/C(=O)Nc1ccc(NC(=O)C(C)C)cc1. The number of rotatable bonds is 5. The molecule has 0 bridgehead atoms. The van der Waals surface area contributed by atoms with Crippen LogP contribution in [0.5, 0.6) is 0 Å². The minimum atomic E-state index is -0.193. The van der Waals surface area contributed by atoms with Gasteiger partial charge in [-0.2, -0.15) is 0 Å². The fraction of sp³-hybridized carbons (Fsp3) is 0.250. The summed E-state index contributed by atoms with van der Waals surface area (Å²) in [6.07, 6.45) is 6.75. The molecule has 0 heterocycles. The van der Waals surface area contributed by atoms with Gasteiger partial charge in [0.1, 0.15) is 0 Å². The van der Waals surface area contributed by atoms with E-state index >= 15 is 0 Å². The van der Waals surface area contributed by atoms with Crippen molar-refractivity contribution in [2.24, 2.45) is 5.92 Å². The van der Waals surface area contributed by atoms with E-state index in [2.05, 4.69) is 10.6 Å². The van der Waals surface area contributed by atoms with Crippen molar-refractivity contribution < 1.29 is 9.59 Å². The van der Waals surface area contributed by atoms with Gasteiger partial charge >= 0.3 is 0 Å². The molecule has 0 radical (unpaired) electrons. The van der Waals surface area contributed by atoms with Crippen molar-refractivity contribution in [2.45, 2.75) is 20.8 Å². The Morgan fingerprint density at radius 3 is 2.05 bits per heavy atom. The summed E-state index contributed by atoms with van der Waals surface area (Å²) in [6.45, 7) is 5.55. The largest absolute Gasteiger partial charge is 0.326 e. The van der Waals surface area contributed by atoms with Crippen molar-refractivity contribution >= 4 is 23.2 Å². The van der Waals surface area contributed by atoms with Crippen LogP contribution < -0.4 is 10.6 Å². The van der Waals surface area contributed by atoms with E-state index < -0.39 is 0 Å². The Kier molecular flexibility index (Phi) is 6.23.